The first-order valence-electron chi connectivity index (χ1n) is 5.27. The normalized spacial score (nSPS) is 11.4. The summed E-state index contributed by atoms with van der Waals surface area (Å²) in [7, 11) is 0. The Bertz CT molecular complexity index is 413. The predicted molar refractivity (Wildman–Crippen MR) is 61.1 cm³/mol. The minimum atomic E-state index is -0.669. The van der Waals surface area contributed by atoms with Gasteiger partial charge in [0.2, 0.25) is 5.91 Å². The third-order valence-corrected chi connectivity index (χ3v) is 2.11. The molecular formula is C12H16F2N2O. The lowest BCUT2D eigenvalue weighted by Crippen LogP contribution is -2.38. The molecule has 3 nitrogen and oxygen atoms in total. The third-order valence-electron chi connectivity index (χ3n) is 2.11. The zero-order valence-electron chi connectivity index (χ0n) is 9.89. The Labute approximate surface area is 99.0 Å². The number of halogens is 2. The second-order valence-corrected chi connectivity index (χ2v) is 4.68. The molecule has 0 saturated heterocycles. The van der Waals surface area contributed by atoms with Gasteiger partial charge in [0, 0.05) is 30.1 Å². The van der Waals surface area contributed by atoms with Crippen LogP contribution in [0.2, 0.25) is 0 Å². The van der Waals surface area contributed by atoms with Gasteiger partial charge in [0.05, 0.1) is 0 Å². The fourth-order valence-electron chi connectivity index (χ4n) is 1.34. The van der Waals surface area contributed by atoms with Crippen molar-refractivity contribution >= 4 is 5.91 Å². The number of amides is 1. The number of nitrogens with one attached hydrogen (secondary N) is 1. The van der Waals surface area contributed by atoms with E-state index in [1.54, 1.807) is 13.8 Å². The van der Waals surface area contributed by atoms with Gasteiger partial charge in [-0.25, -0.2) is 8.78 Å². The molecule has 0 aliphatic rings. The van der Waals surface area contributed by atoms with E-state index >= 15 is 0 Å². The largest absolute Gasteiger partial charge is 0.352 e. The first-order chi connectivity index (χ1) is 7.78. The summed E-state index contributed by atoms with van der Waals surface area (Å²) >= 11 is 0. The number of carbonyl (C=O) groups is 1. The van der Waals surface area contributed by atoms with Crippen LogP contribution in [0.3, 0.4) is 0 Å². The molecule has 0 aliphatic carbocycles. The molecule has 94 valence electrons. The zero-order valence-corrected chi connectivity index (χ0v) is 9.89. The quantitative estimate of drug-likeness (QED) is 0.844. The van der Waals surface area contributed by atoms with E-state index in [4.69, 9.17) is 5.73 Å². The van der Waals surface area contributed by atoms with Crippen LogP contribution < -0.4 is 11.1 Å². The predicted octanol–water partition coefficient (Wildman–Crippen LogP) is 1.71. The molecule has 1 rings (SSSR count). The number of hydrogen-bond donors (Lipinski definition) is 2. The van der Waals surface area contributed by atoms with Crippen molar-refractivity contribution in [1.82, 2.24) is 5.32 Å². The Morgan fingerprint density at radius 2 is 2.06 bits per heavy atom. The maximum absolute atomic E-state index is 13.2. The van der Waals surface area contributed by atoms with Crippen molar-refractivity contribution in [3.8, 4) is 0 Å². The molecule has 3 N–H and O–H groups in total. The summed E-state index contributed by atoms with van der Waals surface area (Å²) in [6, 6.07) is 3.24. The average Bonchev–Trinajstić information content (AvgIpc) is 2.13. The van der Waals surface area contributed by atoms with E-state index < -0.39 is 17.2 Å². The van der Waals surface area contributed by atoms with Gasteiger partial charge in [-0.1, -0.05) is 6.07 Å². The van der Waals surface area contributed by atoms with Crippen molar-refractivity contribution in [3.05, 3.63) is 35.4 Å². The van der Waals surface area contributed by atoms with Crippen LogP contribution in [-0.2, 0) is 11.3 Å². The van der Waals surface area contributed by atoms with Crippen molar-refractivity contribution in [3.63, 3.8) is 0 Å². The van der Waals surface area contributed by atoms with Crippen LogP contribution in [-0.4, -0.2) is 11.4 Å². The van der Waals surface area contributed by atoms with Gasteiger partial charge in [0.15, 0.2) is 0 Å². The molecule has 0 saturated carbocycles. The van der Waals surface area contributed by atoms with Crippen molar-refractivity contribution < 1.29 is 13.6 Å². The maximum Gasteiger partial charge on any atom is 0.222 e. The minimum absolute atomic E-state index is 0.0288. The molecule has 17 heavy (non-hydrogen) atoms. The molecule has 0 radical (unpaired) electrons. The molecule has 5 heteroatoms. The van der Waals surface area contributed by atoms with Gasteiger partial charge in [0.1, 0.15) is 11.6 Å². The third kappa shape index (κ3) is 4.91. The Kier molecular flexibility index (Phi) is 4.17. The van der Waals surface area contributed by atoms with Crippen LogP contribution in [0.4, 0.5) is 8.78 Å². The Morgan fingerprint density at radius 3 is 2.59 bits per heavy atom. The molecule has 1 aromatic carbocycles. The fourth-order valence-corrected chi connectivity index (χ4v) is 1.34. The van der Waals surface area contributed by atoms with Gasteiger partial charge in [0.25, 0.3) is 0 Å². The van der Waals surface area contributed by atoms with Gasteiger partial charge >= 0.3 is 0 Å². The number of hydrogen-bond acceptors (Lipinski definition) is 2. The summed E-state index contributed by atoms with van der Waals surface area (Å²) in [5.41, 5.74) is 5.31. The van der Waals surface area contributed by atoms with Crippen molar-refractivity contribution in [2.75, 3.05) is 0 Å². The van der Waals surface area contributed by atoms with E-state index in [1.165, 1.54) is 6.07 Å². The van der Waals surface area contributed by atoms with Crippen LogP contribution in [0.25, 0.3) is 0 Å². The molecule has 1 amide bonds. The first kappa shape index (κ1) is 13.6. The van der Waals surface area contributed by atoms with Crippen LogP contribution in [0.5, 0.6) is 0 Å². The van der Waals surface area contributed by atoms with Crippen LogP contribution >= 0.6 is 0 Å². The second kappa shape index (κ2) is 5.23. The van der Waals surface area contributed by atoms with Gasteiger partial charge in [-0.15, -0.1) is 0 Å². The van der Waals surface area contributed by atoms with Crippen LogP contribution in [0.1, 0.15) is 25.8 Å². The Hall–Kier alpha value is -1.49. The van der Waals surface area contributed by atoms with E-state index in [1.807, 2.05) is 0 Å². The van der Waals surface area contributed by atoms with Crippen molar-refractivity contribution in [1.29, 1.82) is 0 Å². The van der Waals surface area contributed by atoms with Crippen molar-refractivity contribution in [2.24, 2.45) is 5.73 Å². The zero-order chi connectivity index (χ0) is 13.1. The molecule has 0 heterocycles. The molecule has 1 aromatic rings. The SMILES string of the molecule is CC(C)(N)CC(=O)NCc1ccc(F)cc1F. The highest BCUT2D eigenvalue weighted by Crippen LogP contribution is 2.09. The summed E-state index contributed by atoms with van der Waals surface area (Å²) in [6.07, 6.45) is 0.149. The number of nitrogens with two attached hydrogens (primary N) is 1. The topological polar surface area (TPSA) is 55.1 Å². The highest BCUT2D eigenvalue weighted by Gasteiger charge is 2.16. The summed E-state index contributed by atoms with van der Waals surface area (Å²) in [5.74, 6) is -1.57. The molecule has 0 atom stereocenters. The summed E-state index contributed by atoms with van der Waals surface area (Å²) in [6.45, 7) is 3.48. The van der Waals surface area contributed by atoms with E-state index in [-0.39, 0.29) is 24.4 Å². The highest BCUT2D eigenvalue weighted by molar-refractivity contribution is 5.77. The fraction of sp³-hybridized carbons (Fsp3) is 0.417. The number of carbonyl (C=O) groups excluding carboxylic acids is 1. The molecular weight excluding hydrogens is 226 g/mol. The lowest BCUT2D eigenvalue weighted by atomic mass is 10.0. The summed E-state index contributed by atoms with van der Waals surface area (Å²) in [5, 5.41) is 2.53. The summed E-state index contributed by atoms with van der Waals surface area (Å²) in [4.78, 5) is 11.4. The van der Waals surface area contributed by atoms with E-state index in [0.29, 0.717) is 0 Å². The highest BCUT2D eigenvalue weighted by atomic mass is 19.1. The molecule has 0 aromatic heterocycles. The minimum Gasteiger partial charge on any atom is -0.352 e. The van der Waals surface area contributed by atoms with E-state index in [0.717, 1.165) is 12.1 Å². The first-order valence-corrected chi connectivity index (χ1v) is 5.27. The van der Waals surface area contributed by atoms with E-state index in [9.17, 15) is 13.6 Å². The molecule has 0 unspecified atom stereocenters. The Balaban J connectivity index is 2.53. The second-order valence-electron chi connectivity index (χ2n) is 4.68. The lowest BCUT2D eigenvalue weighted by Gasteiger charge is -2.17. The Morgan fingerprint density at radius 1 is 1.41 bits per heavy atom. The maximum atomic E-state index is 13.2. The van der Waals surface area contributed by atoms with Gasteiger partial charge in [-0.3, -0.25) is 4.79 Å². The van der Waals surface area contributed by atoms with Gasteiger partial charge in [-0.2, -0.15) is 0 Å². The molecule has 0 fully saturated rings. The van der Waals surface area contributed by atoms with Crippen LogP contribution in [0.15, 0.2) is 18.2 Å². The van der Waals surface area contributed by atoms with Gasteiger partial charge < -0.3 is 11.1 Å². The average molecular weight is 242 g/mol. The number of rotatable bonds is 4. The molecule has 0 bridgehead atoms. The van der Waals surface area contributed by atoms with E-state index in [2.05, 4.69) is 5.32 Å². The monoisotopic (exact) mass is 242 g/mol. The van der Waals surface area contributed by atoms with Crippen LogP contribution in [0, 0.1) is 11.6 Å². The van der Waals surface area contributed by atoms with Crippen molar-refractivity contribution in [2.45, 2.75) is 32.4 Å². The molecule has 0 spiro atoms. The lowest BCUT2D eigenvalue weighted by molar-refractivity contribution is -0.122. The summed E-state index contributed by atoms with van der Waals surface area (Å²) < 4.78 is 25.8. The molecule has 0 aliphatic heterocycles. The smallest absolute Gasteiger partial charge is 0.222 e. The standard InChI is InChI=1S/C12H16F2N2O/c1-12(2,15)6-11(17)16-7-8-3-4-9(13)5-10(8)14/h3-5H,6-7,15H2,1-2H3,(H,16,17). The number of benzene rings is 1. The van der Waals surface area contributed by atoms with Gasteiger partial charge in [-0.05, 0) is 19.9 Å².